The van der Waals surface area contributed by atoms with Gasteiger partial charge in [-0.05, 0) is 45.6 Å². The Labute approximate surface area is 121 Å². The van der Waals surface area contributed by atoms with Gasteiger partial charge in [-0.15, -0.1) is 0 Å². The molecule has 1 aromatic heterocycles. The van der Waals surface area contributed by atoms with Gasteiger partial charge >= 0.3 is 7.12 Å². The number of nitrogens with zero attached hydrogens (tertiary/aromatic N) is 1. The Morgan fingerprint density at radius 1 is 1.15 bits per heavy atom. The summed E-state index contributed by atoms with van der Waals surface area (Å²) in [5.41, 5.74) is 0.871. The molecule has 1 N–H and O–H groups in total. The van der Waals surface area contributed by atoms with E-state index < -0.39 is 18.3 Å². The van der Waals surface area contributed by atoms with Crippen molar-refractivity contribution in [3.8, 4) is 5.75 Å². The lowest BCUT2D eigenvalue weighted by Gasteiger charge is -2.32. The standard InChI is InChI=1S/C15H24BNO3/c1-10(2)7-11-8-17-9-12(18)13(11)16-19-14(3,4)15(5,6)20-16/h8-10,18H,7H2,1-6H3. The summed E-state index contributed by atoms with van der Waals surface area (Å²) in [7, 11) is -0.545. The highest BCUT2D eigenvalue weighted by atomic mass is 16.7. The Balaban J connectivity index is 2.39. The first-order chi connectivity index (χ1) is 9.14. The zero-order chi connectivity index (χ0) is 15.1. The molecule has 5 heteroatoms. The van der Waals surface area contributed by atoms with E-state index in [-0.39, 0.29) is 5.75 Å². The SMILES string of the molecule is CC(C)Cc1cncc(O)c1B1OC(C)(C)C(C)(C)O1. The van der Waals surface area contributed by atoms with Crippen LogP contribution in [0.1, 0.15) is 47.1 Å². The van der Waals surface area contributed by atoms with Crippen molar-refractivity contribution in [2.75, 3.05) is 0 Å². The van der Waals surface area contributed by atoms with Crippen LogP contribution in [0.15, 0.2) is 12.4 Å². The minimum Gasteiger partial charge on any atom is -0.507 e. The molecule has 2 heterocycles. The quantitative estimate of drug-likeness (QED) is 0.861. The van der Waals surface area contributed by atoms with Crippen LogP contribution in [0.5, 0.6) is 5.75 Å². The van der Waals surface area contributed by atoms with Crippen molar-refractivity contribution < 1.29 is 14.4 Å². The van der Waals surface area contributed by atoms with Crippen LogP contribution < -0.4 is 5.46 Å². The smallest absolute Gasteiger partial charge is 0.499 e. The fourth-order valence-corrected chi connectivity index (χ4v) is 2.34. The first-order valence-electron chi connectivity index (χ1n) is 7.15. The van der Waals surface area contributed by atoms with Gasteiger partial charge in [0.15, 0.2) is 0 Å². The van der Waals surface area contributed by atoms with Gasteiger partial charge in [-0.3, -0.25) is 4.98 Å². The predicted molar refractivity (Wildman–Crippen MR) is 80.2 cm³/mol. The first-order valence-corrected chi connectivity index (χ1v) is 7.15. The highest BCUT2D eigenvalue weighted by Crippen LogP contribution is 2.37. The molecule has 1 aliphatic rings. The van der Waals surface area contributed by atoms with E-state index in [0.717, 1.165) is 12.0 Å². The van der Waals surface area contributed by atoms with E-state index in [1.165, 1.54) is 6.20 Å². The van der Waals surface area contributed by atoms with Crippen LogP contribution in [-0.2, 0) is 15.7 Å². The van der Waals surface area contributed by atoms with Crippen LogP contribution in [0.25, 0.3) is 0 Å². The monoisotopic (exact) mass is 277 g/mol. The second-order valence-corrected chi connectivity index (χ2v) is 6.92. The number of pyridine rings is 1. The second kappa shape index (κ2) is 5.04. The van der Waals surface area contributed by atoms with Crippen molar-refractivity contribution in [2.24, 2.45) is 5.92 Å². The Morgan fingerprint density at radius 2 is 1.70 bits per heavy atom. The molecule has 110 valence electrons. The maximum atomic E-state index is 10.2. The van der Waals surface area contributed by atoms with Gasteiger partial charge in [-0.1, -0.05) is 13.8 Å². The molecule has 0 bridgehead atoms. The van der Waals surface area contributed by atoms with Crippen LogP contribution in [0.2, 0.25) is 0 Å². The van der Waals surface area contributed by atoms with Crippen molar-refractivity contribution >= 4 is 12.6 Å². The maximum absolute atomic E-state index is 10.2. The molecule has 1 aliphatic heterocycles. The Kier molecular flexibility index (Phi) is 3.86. The van der Waals surface area contributed by atoms with E-state index in [0.29, 0.717) is 11.4 Å². The number of rotatable bonds is 3. The molecule has 0 aliphatic carbocycles. The van der Waals surface area contributed by atoms with E-state index in [1.807, 2.05) is 27.7 Å². The normalized spacial score (nSPS) is 20.6. The fraction of sp³-hybridized carbons (Fsp3) is 0.667. The van der Waals surface area contributed by atoms with E-state index in [1.54, 1.807) is 6.20 Å². The third kappa shape index (κ3) is 2.70. The molecule has 1 saturated heterocycles. The van der Waals surface area contributed by atoms with E-state index in [9.17, 15) is 5.11 Å². The van der Waals surface area contributed by atoms with Crippen molar-refractivity contribution in [3.63, 3.8) is 0 Å². The van der Waals surface area contributed by atoms with Crippen molar-refractivity contribution in [1.82, 2.24) is 4.98 Å². The van der Waals surface area contributed by atoms with Crippen LogP contribution in [0.3, 0.4) is 0 Å². The number of hydrogen-bond acceptors (Lipinski definition) is 4. The Morgan fingerprint density at radius 3 is 2.20 bits per heavy atom. The molecular formula is C15H24BNO3. The maximum Gasteiger partial charge on any atom is 0.499 e. The van der Waals surface area contributed by atoms with Crippen molar-refractivity contribution in [2.45, 2.75) is 59.2 Å². The molecule has 0 atom stereocenters. The lowest BCUT2D eigenvalue weighted by molar-refractivity contribution is 0.00578. The second-order valence-electron chi connectivity index (χ2n) is 6.92. The van der Waals surface area contributed by atoms with Gasteiger partial charge in [0.05, 0.1) is 17.4 Å². The van der Waals surface area contributed by atoms with Gasteiger partial charge in [0.1, 0.15) is 5.75 Å². The van der Waals surface area contributed by atoms with Crippen LogP contribution in [-0.4, -0.2) is 28.4 Å². The van der Waals surface area contributed by atoms with Crippen LogP contribution in [0.4, 0.5) is 0 Å². The molecule has 0 spiro atoms. The molecule has 0 saturated carbocycles. The average Bonchev–Trinajstić information content (AvgIpc) is 2.46. The molecule has 0 amide bonds. The van der Waals surface area contributed by atoms with Gasteiger partial charge in [0.25, 0.3) is 0 Å². The van der Waals surface area contributed by atoms with Gasteiger partial charge in [-0.25, -0.2) is 0 Å². The zero-order valence-electron chi connectivity index (χ0n) is 13.2. The molecule has 0 radical (unpaired) electrons. The van der Waals surface area contributed by atoms with Gasteiger partial charge in [0.2, 0.25) is 0 Å². The van der Waals surface area contributed by atoms with E-state index >= 15 is 0 Å². The summed E-state index contributed by atoms with van der Waals surface area (Å²) >= 11 is 0. The molecule has 4 nitrogen and oxygen atoms in total. The van der Waals surface area contributed by atoms with E-state index in [2.05, 4.69) is 18.8 Å². The lowest BCUT2D eigenvalue weighted by atomic mass is 9.74. The summed E-state index contributed by atoms with van der Waals surface area (Å²) in [6.07, 6.45) is 4.07. The number of hydrogen-bond donors (Lipinski definition) is 1. The molecule has 2 rings (SSSR count). The third-order valence-corrected chi connectivity index (χ3v) is 4.17. The van der Waals surface area contributed by atoms with Gasteiger partial charge < -0.3 is 14.4 Å². The fourth-order valence-electron chi connectivity index (χ4n) is 2.34. The molecular weight excluding hydrogens is 253 g/mol. The Hall–Kier alpha value is -1.07. The van der Waals surface area contributed by atoms with E-state index in [4.69, 9.17) is 9.31 Å². The van der Waals surface area contributed by atoms with Crippen molar-refractivity contribution in [1.29, 1.82) is 0 Å². The molecule has 0 unspecified atom stereocenters. The highest BCUT2D eigenvalue weighted by molar-refractivity contribution is 6.63. The lowest BCUT2D eigenvalue weighted by Crippen LogP contribution is -2.41. The molecule has 1 fully saturated rings. The van der Waals surface area contributed by atoms with Gasteiger partial charge in [0, 0.05) is 11.7 Å². The summed E-state index contributed by atoms with van der Waals surface area (Å²) in [5, 5.41) is 10.2. The summed E-state index contributed by atoms with van der Waals surface area (Å²) in [5.74, 6) is 0.612. The van der Waals surface area contributed by atoms with Crippen molar-refractivity contribution in [3.05, 3.63) is 18.0 Å². The third-order valence-electron chi connectivity index (χ3n) is 4.17. The number of aromatic hydroxyl groups is 1. The zero-order valence-corrected chi connectivity index (χ0v) is 13.2. The first kappa shape index (κ1) is 15.3. The largest absolute Gasteiger partial charge is 0.507 e. The molecule has 0 aromatic carbocycles. The topological polar surface area (TPSA) is 51.6 Å². The summed E-state index contributed by atoms with van der Waals surface area (Å²) in [6.45, 7) is 12.3. The molecule has 1 aromatic rings. The minimum absolute atomic E-state index is 0.140. The summed E-state index contributed by atoms with van der Waals surface area (Å²) in [4.78, 5) is 4.08. The van der Waals surface area contributed by atoms with Crippen LogP contribution >= 0.6 is 0 Å². The Bertz CT molecular complexity index is 484. The van der Waals surface area contributed by atoms with Crippen LogP contribution in [0, 0.1) is 5.92 Å². The molecule has 20 heavy (non-hydrogen) atoms. The summed E-state index contributed by atoms with van der Waals surface area (Å²) < 4.78 is 12.1. The predicted octanol–water partition coefficient (Wildman–Crippen LogP) is 2.28. The number of aromatic nitrogens is 1. The average molecular weight is 277 g/mol. The van der Waals surface area contributed by atoms with Gasteiger partial charge in [-0.2, -0.15) is 0 Å². The summed E-state index contributed by atoms with van der Waals surface area (Å²) in [6, 6.07) is 0. The minimum atomic E-state index is -0.545. The highest BCUT2D eigenvalue weighted by Gasteiger charge is 2.53.